The van der Waals surface area contributed by atoms with Crippen LogP contribution in [0.3, 0.4) is 0 Å². The van der Waals surface area contributed by atoms with Crippen molar-refractivity contribution in [3.05, 3.63) is 112 Å². The van der Waals surface area contributed by atoms with Gasteiger partial charge in [-0.3, -0.25) is 4.98 Å². The minimum atomic E-state index is -0.237. The molecule has 0 bridgehead atoms. The largest absolute Gasteiger partial charge is 0.351 e. The van der Waals surface area contributed by atoms with Crippen LogP contribution < -0.4 is 10.2 Å². The van der Waals surface area contributed by atoms with Gasteiger partial charge in [-0.1, -0.05) is 23.7 Å². The highest BCUT2D eigenvalue weighted by molar-refractivity contribution is 7.80. The molecule has 1 fully saturated rings. The van der Waals surface area contributed by atoms with Crippen LogP contribution in [0.1, 0.15) is 40.3 Å². The summed E-state index contributed by atoms with van der Waals surface area (Å²) in [5, 5.41) is 4.74. The van der Waals surface area contributed by atoms with E-state index in [1.54, 1.807) is 19.2 Å². The molecule has 0 unspecified atom stereocenters. The Bertz CT molecular complexity index is 1380. The highest BCUT2D eigenvalue weighted by atomic mass is 35.5. The van der Waals surface area contributed by atoms with Crippen molar-refractivity contribution < 1.29 is 4.39 Å². The summed E-state index contributed by atoms with van der Waals surface area (Å²) >= 11 is 12.1. The predicted octanol–water partition coefficient (Wildman–Crippen LogP) is 6.77. The van der Waals surface area contributed by atoms with E-state index >= 15 is 0 Å². The average Bonchev–Trinajstić information content (AvgIpc) is 3.31. The second-order valence-electron chi connectivity index (χ2n) is 8.57. The standard InChI is InChI=1S/C27H24ClFN4S/c1-16-13-21(10-11-23(16)29)33-26(25(31-27(33)34)24-9-4-5-12-30-24)22-14-17(2)32(18(22)3)20-8-6-7-19(28)15-20/h4-15,25-26H,1-3H3,(H,31,34)/t25-,26+/m1/s1. The summed E-state index contributed by atoms with van der Waals surface area (Å²) in [5.41, 5.74) is 6.59. The van der Waals surface area contributed by atoms with Crippen LogP contribution in [0.15, 0.2) is 72.9 Å². The molecule has 172 valence electrons. The van der Waals surface area contributed by atoms with Gasteiger partial charge in [-0.05, 0) is 98.7 Å². The van der Waals surface area contributed by atoms with Gasteiger partial charge in [-0.15, -0.1) is 0 Å². The average molecular weight is 491 g/mol. The number of pyridine rings is 1. The zero-order valence-corrected chi connectivity index (χ0v) is 20.7. The molecule has 0 spiro atoms. The summed E-state index contributed by atoms with van der Waals surface area (Å²) in [4.78, 5) is 6.70. The van der Waals surface area contributed by atoms with Crippen LogP contribution in [0.4, 0.5) is 10.1 Å². The molecule has 0 radical (unpaired) electrons. The second-order valence-corrected chi connectivity index (χ2v) is 9.39. The Kier molecular flexibility index (Phi) is 5.88. The molecule has 1 aliphatic heterocycles. The molecule has 34 heavy (non-hydrogen) atoms. The molecule has 7 heteroatoms. The van der Waals surface area contributed by atoms with E-state index in [0.717, 1.165) is 34.0 Å². The molecule has 1 saturated heterocycles. The molecule has 4 aromatic rings. The lowest BCUT2D eigenvalue weighted by Gasteiger charge is -2.28. The fraction of sp³-hybridized carbons (Fsp3) is 0.185. The molecule has 0 aliphatic carbocycles. The van der Waals surface area contributed by atoms with E-state index in [2.05, 4.69) is 39.7 Å². The number of hydrogen-bond donors (Lipinski definition) is 1. The Labute approximate surface area is 209 Å². The van der Waals surface area contributed by atoms with Crippen LogP contribution in [0.2, 0.25) is 5.02 Å². The van der Waals surface area contributed by atoms with Crippen molar-refractivity contribution in [1.82, 2.24) is 14.9 Å². The van der Waals surface area contributed by atoms with E-state index in [4.69, 9.17) is 23.8 Å². The number of rotatable bonds is 4. The van der Waals surface area contributed by atoms with E-state index in [9.17, 15) is 4.39 Å². The molecule has 1 N–H and O–H groups in total. The fourth-order valence-electron chi connectivity index (χ4n) is 4.83. The van der Waals surface area contributed by atoms with Gasteiger partial charge in [0, 0.05) is 34.0 Å². The minimum Gasteiger partial charge on any atom is -0.351 e. The Balaban J connectivity index is 1.69. The molecule has 2 atom stereocenters. The summed E-state index contributed by atoms with van der Waals surface area (Å²) in [6.07, 6.45) is 1.79. The van der Waals surface area contributed by atoms with Crippen LogP contribution in [0.5, 0.6) is 0 Å². The van der Waals surface area contributed by atoms with Crippen LogP contribution in [0, 0.1) is 26.6 Å². The van der Waals surface area contributed by atoms with E-state index < -0.39 is 0 Å². The Morgan fingerprint density at radius 3 is 2.50 bits per heavy atom. The first-order valence-corrected chi connectivity index (χ1v) is 11.9. The first-order valence-electron chi connectivity index (χ1n) is 11.1. The third kappa shape index (κ3) is 3.87. The lowest BCUT2D eigenvalue weighted by atomic mass is 9.96. The number of anilines is 1. The molecular weight excluding hydrogens is 467 g/mol. The van der Waals surface area contributed by atoms with Gasteiger partial charge < -0.3 is 14.8 Å². The van der Waals surface area contributed by atoms with Gasteiger partial charge in [0.1, 0.15) is 5.82 Å². The monoisotopic (exact) mass is 490 g/mol. The topological polar surface area (TPSA) is 33.1 Å². The van der Waals surface area contributed by atoms with E-state index in [-0.39, 0.29) is 17.9 Å². The number of thiocarbonyl (C=S) groups is 1. The number of hydrogen-bond acceptors (Lipinski definition) is 2. The number of benzene rings is 2. The highest BCUT2D eigenvalue weighted by Gasteiger charge is 2.42. The number of aryl methyl sites for hydroxylation is 2. The molecule has 1 aliphatic rings. The number of nitrogens with zero attached hydrogens (tertiary/aromatic N) is 3. The quantitative estimate of drug-likeness (QED) is 0.320. The Hall–Kier alpha value is -3.22. The molecule has 2 aromatic heterocycles. The maximum Gasteiger partial charge on any atom is 0.174 e. The van der Waals surface area contributed by atoms with Crippen LogP contribution in [0.25, 0.3) is 5.69 Å². The first kappa shape index (κ1) is 22.6. The fourth-order valence-corrected chi connectivity index (χ4v) is 5.36. The summed E-state index contributed by atoms with van der Waals surface area (Å²) in [7, 11) is 0. The van der Waals surface area contributed by atoms with Gasteiger partial charge in [0.25, 0.3) is 0 Å². The molecule has 3 heterocycles. The summed E-state index contributed by atoms with van der Waals surface area (Å²) in [5.74, 6) is -0.237. The maximum atomic E-state index is 14.1. The molecule has 0 amide bonds. The van der Waals surface area contributed by atoms with Crippen LogP contribution in [-0.2, 0) is 0 Å². The summed E-state index contributed by atoms with van der Waals surface area (Å²) in [6, 6.07) is 20.7. The minimum absolute atomic E-state index is 0.174. The summed E-state index contributed by atoms with van der Waals surface area (Å²) < 4.78 is 16.3. The number of nitrogens with one attached hydrogen (secondary N) is 1. The van der Waals surface area contributed by atoms with Crippen LogP contribution in [-0.4, -0.2) is 14.7 Å². The van der Waals surface area contributed by atoms with Crippen molar-refractivity contribution in [3.8, 4) is 5.69 Å². The lowest BCUT2D eigenvalue weighted by molar-refractivity contribution is 0.564. The highest BCUT2D eigenvalue weighted by Crippen LogP contribution is 2.44. The maximum absolute atomic E-state index is 14.1. The van der Waals surface area contributed by atoms with Crippen molar-refractivity contribution >= 4 is 34.6 Å². The van der Waals surface area contributed by atoms with E-state index in [1.165, 1.54) is 6.07 Å². The Morgan fingerprint density at radius 1 is 0.971 bits per heavy atom. The smallest absolute Gasteiger partial charge is 0.174 e. The van der Waals surface area contributed by atoms with Crippen molar-refractivity contribution in [2.45, 2.75) is 32.9 Å². The third-order valence-corrected chi connectivity index (χ3v) is 6.92. The van der Waals surface area contributed by atoms with Gasteiger partial charge in [0.15, 0.2) is 5.11 Å². The number of aromatic nitrogens is 2. The van der Waals surface area contributed by atoms with Gasteiger partial charge in [-0.25, -0.2) is 4.39 Å². The Morgan fingerprint density at radius 2 is 1.79 bits per heavy atom. The van der Waals surface area contributed by atoms with Crippen molar-refractivity contribution in [1.29, 1.82) is 0 Å². The summed E-state index contributed by atoms with van der Waals surface area (Å²) in [6.45, 7) is 5.95. The number of halogens is 2. The van der Waals surface area contributed by atoms with E-state index in [1.807, 2.05) is 48.5 Å². The molecule has 0 saturated carbocycles. The zero-order valence-electron chi connectivity index (χ0n) is 19.1. The molecule has 2 aromatic carbocycles. The first-order chi connectivity index (χ1) is 16.3. The van der Waals surface area contributed by atoms with Crippen molar-refractivity contribution in [2.24, 2.45) is 0 Å². The van der Waals surface area contributed by atoms with Crippen molar-refractivity contribution in [2.75, 3.05) is 4.90 Å². The lowest BCUT2D eigenvalue weighted by Crippen LogP contribution is -2.29. The molecule has 4 nitrogen and oxygen atoms in total. The van der Waals surface area contributed by atoms with Gasteiger partial charge in [-0.2, -0.15) is 0 Å². The van der Waals surface area contributed by atoms with Gasteiger partial charge >= 0.3 is 0 Å². The second kappa shape index (κ2) is 8.85. The van der Waals surface area contributed by atoms with Crippen molar-refractivity contribution in [3.63, 3.8) is 0 Å². The molecule has 5 rings (SSSR count). The normalized spacial score (nSPS) is 17.8. The predicted molar refractivity (Wildman–Crippen MR) is 139 cm³/mol. The van der Waals surface area contributed by atoms with E-state index in [0.29, 0.717) is 15.7 Å². The third-order valence-electron chi connectivity index (χ3n) is 6.37. The molecular formula is C27H24ClFN4S. The SMILES string of the molecule is Cc1cc(N2C(=S)N[C@H](c3ccccn3)[C@@H]2c2cc(C)n(-c3cccc(Cl)c3)c2C)ccc1F. The van der Waals surface area contributed by atoms with Gasteiger partial charge in [0.05, 0.1) is 17.8 Å². The zero-order chi connectivity index (χ0) is 24.0. The van der Waals surface area contributed by atoms with Crippen LogP contribution >= 0.6 is 23.8 Å². The van der Waals surface area contributed by atoms with Gasteiger partial charge in [0.2, 0.25) is 0 Å².